The zero-order chi connectivity index (χ0) is 10.7. The second-order valence-corrected chi connectivity index (χ2v) is 3.81. The minimum absolute atomic E-state index is 0.267. The molecule has 0 spiro atoms. The van der Waals surface area contributed by atoms with Crippen molar-refractivity contribution in [2.75, 3.05) is 13.2 Å². The quantitative estimate of drug-likeness (QED) is 0.737. The molecule has 0 aromatic carbocycles. The van der Waals surface area contributed by atoms with Gasteiger partial charge in [0.1, 0.15) is 6.04 Å². The van der Waals surface area contributed by atoms with Gasteiger partial charge in [-0.2, -0.15) is 0 Å². The monoisotopic (exact) mass is 201 g/mol. The fourth-order valence-electron chi connectivity index (χ4n) is 1.18. The van der Waals surface area contributed by atoms with E-state index in [4.69, 9.17) is 9.84 Å². The summed E-state index contributed by atoms with van der Waals surface area (Å²) < 4.78 is 4.91. The number of carbonyl (C=O) groups excluding carboxylic acids is 1. The molecule has 1 aliphatic heterocycles. The zero-order valence-corrected chi connectivity index (χ0v) is 8.40. The molecule has 1 rings (SSSR count). The minimum atomic E-state index is -0.960. The lowest BCUT2D eigenvalue weighted by Crippen LogP contribution is -2.55. The van der Waals surface area contributed by atoms with Gasteiger partial charge >= 0.3 is 12.1 Å². The van der Waals surface area contributed by atoms with E-state index in [9.17, 15) is 9.59 Å². The van der Waals surface area contributed by atoms with Crippen LogP contribution in [0.5, 0.6) is 0 Å². The van der Waals surface area contributed by atoms with E-state index in [0.29, 0.717) is 19.6 Å². The van der Waals surface area contributed by atoms with Crippen molar-refractivity contribution in [3.63, 3.8) is 0 Å². The van der Waals surface area contributed by atoms with Gasteiger partial charge in [-0.3, -0.25) is 4.90 Å². The summed E-state index contributed by atoms with van der Waals surface area (Å²) in [5.74, 6) is -0.693. The maximum Gasteiger partial charge on any atom is 0.410 e. The first-order valence-corrected chi connectivity index (χ1v) is 4.68. The van der Waals surface area contributed by atoms with Gasteiger partial charge in [0.15, 0.2) is 0 Å². The third-order valence-corrected chi connectivity index (χ3v) is 2.08. The van der Waals surface area contributed by atoms with Gasteiger partial charge < -0.3 is 9.84 Å². The average Bonchev–Trinajstić information content (AvgIpc) is 1.97. The number of aliphatic carboxylic acids is 1. The van der Waals surface area contributed by atoms with Crippen LogP contribution in [0.25, 0.3) is 0 Å². The van der Waals surface area contributed by atoms with Gasteiger partial charge in [0.25, 0.3) is 0 Å². The van der Waals surface area contributed by atoms with Crippen LogP contribution in [0.3, 0.4) is 0 Å². The van der Waals surface area contributed by atoms with E-state index in [0.717, 1.165) is 0 Å². The van der Waals surface area contributed by atoms with Gasteiger partial charge in [-0.25, -0.2) is 9.59 Å². The number of carbonyl (C=O) groups is 2. The van der Waals surface area contributed by atoms with Crippen molar-refractivity contribution < 1.29 is 19.4 Å². The summed E-state index contributed by atoms with van der Waals surface area (Å²) in [7, 11) is 0. The molecule has 0 saturated carbocycles. The van der Waals surface area contributed by atoms with E-state index in [2.05, 4.69) is 0 Å². The van der Waals surface area contributed by atoms with Gasteiger partial charge in [-0.1, -0.05) is 13.8 Å². The minimum Gasteiger partial charge on any atom is -0.480 e. The molecule has 1 fully saturated rings. The van der Waals surface area contributed by atoms with Gasteiger partial charge in [0.05, 0.1) is 6.61 Å². The molecule has 1 atom stereocenters. The summed E-state index contributed by atoms with van der Waals surface area (Å²) in [6.07, 6.45) is 0.00361. The maximum absolute atomic E-state index is 11.3. The van der Waals surface area contributed by atoms with E-state index in [1.165, 1.54) is 4.90 Å². The first-order valence-electron chi connectivity index (χ1n) is 4.68. The Balaban J connectivity index is 2.35. The number of carboxylic acids is 1. The number of likely N-dealkylation sites (tertiary alicyclic amines) is 1. The van der Waals surface area contributed by atoms with E-state index in [1.807, 2.05) is 13.8 Å². The number of nitrogens with zero attached hydrogens (tertiary/aromatic N) is 1. The number of hydrogen-bond donors (Lipinski definition) is 1. The lowest BCUT2D eigenvalue weighted by Gasteiger charge is -2.36. The molecule has 1 heterocycles. The van der Waals surface area contributed by atoms with Crippen molar-refractivity contribution in [3.8, 4) is 0 Å². The highest BCUT2D eigenvalue weighted by atomic mass is 16.6. The van der Waals surface area contributed by atoms with Crippen LogP contribution in [0.15, 0.2) is 0 Å². The van der Waals surface area contributed by atoms with Gasteiger partial charge in [-0.15, -0.1) is 0 Å². The smallest absolute Gasteiger partial charge is 0.410 e. The normalized spacial score (nSPS) is 20.5. The van der Waals surface area contributed by atoms with E-state index < -0.39 is 18.1 Å². The number of carboxylic acid groups (broad SMARTS) is 1. The van der Waals surface area contributed by atoms with Crippen LogP contribution in [0, 0.1) is 5.92 Å². The van der Waals surface area contributed by atoms with Crippen molar-refractivity contribution in [3.05, 3.63) is 0 Å². The van der Waals surface area contributed by atoms with Crippen LogP contribution in [0.4, 0.5) is 4.79 Å². The molecule has 1 unspecified atom stereocenters. The van der Waals surface area contributed by atoms with Crippen LogP contribution in [0.2, 0.25) is 0 Å². The van der Waals surface area contributed by atoms with Gasteiger partial charge in [0, 0.05) is 6.54 Å². The number of ether oxygens (including phenoxy) is 1. The van der Waals surface area contributed by atoms with Crippen LogP contribution >= 0.6 is 0 Å². The fraction of sp³-hybridized carbons (Fsp3) is 0.778. The first kappa shape index (κ1) is 10.8. The lowest BCUT2D eigenvalue weighted by molar-refractivity contribution is -0.146. The van der Waals surface area contributed by atoms with Crippen LogP contribution < -0.4 is 0 Å². The predicted octanol–water partition coefficient (Wildman–Crippen LogP) is 0.938. The Bertz CT molecular complexity index is 239. The highest BCUT2D eigenvalue weighted by molar-refractivity contribution is 5.81. The molecular weight excluding hydrogens is 186 g/mol. The van der Waals surface area contributed by atoms with Crippen LogP contribution in [-0.2, 0) is 9.53 Å². The molecule has 1 N–H and O–H groups in total. The molecule has 0 radical (unpaired) electrons. The number of hydrogen-bond acceptors (Lipinski definition) is 3. The van der Waals surface area contributed by atoms with Crippen LogP contribution in [-0.4, -0.2) is 41.3 Å². The SMILES string of the molecule is CC(C)COC(=O)N1CCC1C(=O)O. The molecule has 5 heteroatoms. The number of rotatable bonds is 3. The molecule has 0 aliphatic carbocycles. The molecular formula is C9H15NO4. The molecule has 14 heavy (non-hydrogen) atoms. The fourth-order valence-corrected chi connectivity index (χ4v) is 1.18. The molecule has 0 aromatic rings. The van der Waals surface area contributed by atoms with Crippen LogP contribution in [0.1, 0.15) is 20.3 Å². The maximum atomic E-state index is 11.3. The van der Waals surface area contributed by atoms with Crippen molar-refractivity contribution in [1.29, 1.82) is 0 Å². The van der Waals surface area contributed by atoms with E-state index in [-0.39, 0.29) is 5.92 Å². The third-order valence-electron chi connectivity index (χ3n) is 2.08. The second-order valence-electron chi connectivity index (χ2n) is 3.81. The Labute approximate surface area is 82.6 Å². The number of amides is 1. The second kappa shape index (κ2) is 4.30. The standard InChI is InChI=1S/C9H15NO4/c1-6(2)5-14-9(13)10-4-3-7(10)8(11)12/h6-7H,3-5H2,1-2H3,(H,11,12). The molecule has 0 aromatic heterocycles. The molecule has 5 nitrogen and oxygen atoms in total. The molecule has 1 saturated heterocycles. The zero-order valence-electron chi connectivity index (χ0n) is 8.40. The lowest BCUT2D eigenvalue weighted by atomic mass is 10.1. The van der Waals surface area contributed by atoms with E-state index >= 15 is 0 Å². The summed E-state index contributed by atoms with van der Waals surface area (Å²) in [5.41, 5.74) is 0. The Morgan fingerprint density at radius 3 is 2.57 bits per heavy atom. The average molecular weight is 201 g/mol. The summed E-state index contributed by atoms with van der Waals surface area (Å²) in [4.78, 5) is 23.1. The highest BCUT2D eigenvalue weighted by Gasteiger charge is 2.38. The summed E-state index contributed by atoms with van der Waals surface area (Å²) in [5, 5.41) is 8.68. The van der Waals surface area contributed by atoms with Gasteiger partial charge in [0.2, 0.25) is 0 Å². The van der Waals surface area contributed by atoms with Crippen molar-refractivity contribution in [2.45, 2.75) is 26.3 Å². The Morgan fingerprint density at radius 2 is 2.21 bits per heavy atom. The topological polar surface area (TPSA) is 66.8 Å². The Hall–Kier alpha value is -1.26. The molecule has 1 aliphatic rings. The highest BCUT2D eigenvalue weighted by Crippen LogP contribution is 2.18. The van der Waals surface area contributed by atoms with Crippen molar-refractivity contribution in [1.82, 2.24) is 4.90 Å². The summed E-state index contributed by atoms with van der Waals surface area (Å²) in [6, 6.07) is -0.685. The molecule has 0 bridgehead atoms. The Morgan fingerprint density at radius 1 is 1.57 bits per heavy atom. The van der Waals surface area contributed by atoms with Crippen molar-refractivity contribution >= 4 is 12.1 Å². The molecule has 80 valence electrons. The van der Waals surface area contributed by atoms with E-state index in [1.54, 1.807) is 0 Å². The molecule has 1 amide bonds. The Kier molecular flexibility index (Phi) is 3.33. The largest absolute Gasteiger partial charge is 0.480 e. The van der Waals surface area contributed by atoms with Gasteiger partial charge in [-0.05, 0) is 12.3 Å². The summed E-state index contributed by atoms with van der Waals surface area (Å²) in [6.45, 7) is 4.67. The third kappa shape index (κ3) is 2.37. The first-order chi connectivity index (χ1) is 6.52. The van der Waals surface area contributed by atoms with Crippen molar-refractivity contribution in [2.24, 2.45) is 5.92 Å². The summed E-state index contributed by atoms with van der Waals surface area (Å²) >= 11 is 0. The predicted molar refractivity (Wildman–Crippen MR) is 48.9 cm³/mol.